The third kappa shape index (κ3) is 4.04. The number of hydrogen-bond donors (Lipinski definition) is 2. The molecule has 116 valence electrons. The molecule has 2 N–H and O–H groups in total. The Hall–Kier alpha value is -1.40. The number of rotatable bonds is 5. The number of carbonyl (C=O) groups is 1. The van der Waals surface area contributed by atoms with Gasteiger partial charge in [-0.1, -0.05) is 30.3 Å². The lowest BCUT2D eigenvalue weighted by Crippen LogP contribution is -2.44. The zero-order chi connectivity index (χ0) is 15.5. The average Bonchev–Trinajstić information content (AvgIpc) is 2.47. The third-order valence-electron chi connectivity index (χ3n) is 4.14. The van der Waals surface area contributed by atoms with Crippen LogP contribution in [0.25, 0.3) is 0 Å². The largest absolute Gasteiger partial charge is 0.480 e. The molecule has 1 fully saturated rings. The van der Waals surface area contributed by atoms with Gasteiger partial charge < -0.3 is 5.11 Å². The van der Waals surface area contributed by atoms with Crippen molar-refractivity contribution in [3.8, 4) is 0 Å². The second kappa shape index (κ2) is 6.58. The highest BCUT2D eigenvalue weighted by molar-refractivity contribution is 7.90. The van der Waals surface area contributed by atoms with Crippen LogP contribution in [-0.2, 0) is 14.8 Å². The Bertz CT molecular complexity index is 577. The minimum absolute atomic E-state index is 0.156. The number of carboxylic acid groups (broad SMARTS) is 1. The maximum absolute atomic E-state index is 11.9. The van der Waals surface area contributed by atoms with Crippen LogP contribution in [0.4, 0.5) is 0 Å². The summed E-state index contributed by atoms with van der Waals surface area (Å²) in [5.74, 6) is -0.857. The summed E-state index contributed by atoms with van der Waals surface area (Å²) < 4.78 is 26.3. The summed E-state index contributed by atoms with van der Waals surface area (Å²) in [7, 11) is -3.79. The zero-order valence-electron chi connectivity index (χ0n) is 12.0. The Balaban J connectivity index is 1.91. The van der Waals surface area contributed by atoms with Crippen LogP contribution in [0.1, 0.15) is 44.1 Å². The van der Waals surface area contributed by atoms with E-state index in [1.54, 1.807) is 0 Å². The molecule has 1 aromatic rings. The van der Waals surface area contributed by atoms with E-state index in [0.29, 0.717) is 5.92 Å². The van der Waals surface area contributed by atoms with Gasteiger partial charge in [0.1, 0.15) is 0 Å². The fourth-order valence-electron chi connectivity index (χ4n) is 2.74. The van der Waals surface area contributed by atoms with Crippen molar-refractivity contribution in [2.24, 2.45) is 0 Å². The van der Waals surface area contributed by atoms with Crippen molar-refractivity contribution in [1.82, 2.24) is 4.72 Å². The van der Waals surface area contributed by atoms with Gasteiger partial charge in [-0.3, -0.25) is 4.79 Å². The molecule has 1 aliphatic rings. The van der Waals surface area contributed by atoms with Crippen molar-refractivity contribution in [3.63, 3.8) is 0 Å². The number of nitrogens with one attached hydrogen (secondary N) is 1. The second-order valence-corrected chi connectivity index (χ2v) is 7.64. The molecule has 2 rings (SSSR count). The summed E-state index contributed by atoms with van der Waals surface area (Å²) in [6, 6.07) is 10.0. The Morgan fingerprint density at radius 3 is 2.29 bits per heavy atom. The molecule has 0 bridgehead atoms. The SMILES string of the molecule is CC(C(=O)O)S(=O)(=O)NC1CCC(c2ccccc2)CC1. The van der Waals surface area contributed by atoms with Crippen molar-refractivity contribution in [3.05, 3.63) is 35.9 Å². The van der Waals surface area contributed by atoms with E-state index in [4.69, 9.17) is 5.11 Å². The fourth-order valence-corrected chi connectivity index (χ4v) is 3.91. The highest BCUT2D eigenvalue weighted by atomic mass is 32.2. The molecule has 0 spiro atoms. The minimum atomic E-state index is -3.79. The molecular weight excluding hydrogens is 290 g/mol. The molecule has 0 radical (unpaired) electrons. The molecule has 1 atom stereocenters. The van der Waals surface area contributed by atoms with Crippen LogP contribution in [0.2, 0.25) is 0 Å². The molecule has 1 saturated carbocycles. The van der Waals surface area contributed by atoms with E-state index in [9.17, 15) is 13.2 Å². The van der Waals surface area contributed by atoms with E-state index in [-0.39, 0.29) is 6.04 Å². The van der Waals surface area contributed by atoms with Crippen molar-refractivity contribution in [2.45, 2.75) is 49.8 Å². The van der Waals surface area contributed by atoms with Gasteiger partial charge in [0.05, 0.1) is 0 Å². The van der Waals surface area contributed by atoms with E-state index in [2.05, 4.69) is 16.9 Å². The molecule has 5 nitrogen and oxygen atoms in total. The summed E-state index contributed by atoms with van der Waals surface area (Å²) in [4.78, 5) is 10.8. The maximum atomic E-state index is 11.9. The van der Waals surface area contributed by atoms with Crippen LogP contribution >= 0.6 is 0 Å². The summed E-state index contributed by atoms with van der Waals surface area (Å²) in [5.41, 5.74) is 1.29. The van der Waals surface area contributed by atoms with Gasteiger partial charge in [0.2, 0.25) is 10.0 Å². The lowest BCUT2D eigenvalue weighted by atomic mass is 9.82. The molecule has 6 heteroatoms. The molecule has 0 amide bonds. The Labute approximate surface area is 125 Å². The van der Waals surface area contributed by atoms with Crippen LogP contribution in [0.5, 0.6) is 0 Å². The highest BCUT2D eigenvalue weighted by Crippen LogP contribution is 2.33. The van der Waals surface area contributed by atoms with Crippen LogP contribution in [-0.4, -0.2) is 30.8 Å². The number of benzene rings is 1. The average molecular weight is 311 g/mol. The molecule has 21 heavy (non-hydrogen) atoms. The lowest BCUT2D eigenvalue weighted by Gasteiger charge is -2.29. The van der Waals surface area contributed by atoms with Crippen LogP contribution < -0.4 is 4.72 Å². The second-order valence-electron chi connectivity index (χ2n) is 5.60. The highest BCUT2D eigenvalue weighted by Gasteiger charge is 2.31. The normalized spacial score (nSPS) is 24.4. The number of sulfonamides is 1. The molecule has 0 saturated heterocycles. The van der Waals surface area contributed by atoms with E-state index >= 15 is 0 Å². The van der Waals surface area contributed by atoms with E-state index in [1.807, 2.05) is 18.2 Å². The van der Waals surface area contributed by atoms with Crippen molar-refractivity contribution in [1.29, 1.82) is 0 Å². The molecule has 0 aliphatic heterocycles. The quantitative estimate of drug-likeness (QED) is 0.872. The topological polar surface area (TPSA) is 83.5 Å². The van der Waals surface area contributed by atoms with Crippen LogP contribution in [0, 0.1) is 0 Å². The van der Waals surface area contributed by atoms with E-state index < -0.39 is 21.2 Å². The van der Waals surface area contributed by atoms with Gasteiger partial charge >= 0.3 is 5.97 Å². The molecule has 1 unspecified atom stereocenters. The summed E-state index contributed by atoms with van der Waals surface area (Å²) in [5, 5.41) is 7.41. The first-order valence-electron chi connectivity index (χ1n) is 7.19. The molecule has 1 aromatic carbocycles. The van der Waals surface area contributed by atoms with Crippen LogP contribution in [0.3, 0.4) is 0 Å². The Morgan fingerprint density at radius 1 is 1.19 bits per heavy atom. The van der Waals surface area contributed by atoms with E-state index in [0.717, 1.165) is 25.7 Å². The fraction of sp³-hybridized carbons (Fsp3) is 0.533. The van der Waals surface area contributed by atoms with Gasteiger partial charge in [0, 0.05) is 6.04 Å². The first-order chi connectivity index (χ1) is 9.90. The van der Waals surface area contributed by atoms with Crippen molar-refractivity contribution >= 4 is 16.0 Å². The van der Waals surface area contributed by atoms with Gasteiger partial charge in [-0.2, -0.15) is 0 Å². The van der Waals surface area contributed by atoms with Crippen LogP contribution in [0.15, 0.2) is 30.3 Å². The smallest absolute Gasteiger partial charge is 0.323 e. The maximum Gasteiger partial charge on any atom is 0.323 e. The number of hydrogen-bond acceptors (Lipinski definition) is 3. The van der Waals surface area contributed by atoms with Gasteiger partial charge in [-0.15, -0.1) is 0 Å². The standard InChI is InChI=1S/C15H21NO4S/c1-11(15(17)18)21(19,20)16-14-9-7-13(8-10-14)12-5-3-2-4-6-12/h2-6,11,13-14,16H,7-10H2,1H3,(H,17,18). The Morgan fingerprint density at radius 2 is 1.76 bits per heavy atom. The van der Waals surface area contributed by atoms with Crippen molar-refractivity contribution < 1.29 is 18.3 Å². The molecule has 0 heterocycles. The van der Waals surface area contributed by atoms with Gasteiger partial charge in [0.15, 0.2) is 5.25 Å². The van der Waals surface area contributed by atoms with Gasteiger partial charge in [0.25, 0.3) is 0 Å². The van der Waals surface area contributed by atoms with Crippen molar-refractivity contribution in [2.75, 3.05) is 0 Å². The minimum Gasteiger partial charge on any atom is -0.480 e. The summed E-state index contributed by atoms with van der Waals surface area (Å²) in [6.07, 6.45) is 3.31. The summed E-state index contributed by atoms with van der Waals surface area (Å²) in [6.45, 7) is 1.19. The van der Waals surface area contributed by atoms with Gasteiger partial charge in [-0.05, 0) is 44.1 Å². The first kappa shape index (κ1) is 16.0. The predicted octanol–water partition coefficient (Wildman–Crippen LogP) is 2.11. The molecule has 1 aliphatic carbocycles. The molecular formula is C15H21NO4S. The summed E-state index contributed by atoms with van der Waals surface area (Å²) >= 11 is 0. The van der Waals surface area contributed by atoms with E-state index in [1.165, 1.54) is 12.5 Å². The molecule has 0 aromatic heterocycles. The van der Waals surface area contributed by atoms with Gasteiger partial charge in [-0.25, -0.2) is 13.1 Å². The monoisotopic (exact) mass is 311 g/mol. The first-order valence-corrected chi connectivity index (χ1v) is 8.73. The number of aliphatic carboxylic acids is 1. The third-order valence-corrected chi connectivity index (χ3v) is 5.94. The zero-order valence-corrected chi connectivity index (χ0v) is 12.8. The Kier molecular flexibility index (Phi) is 5.00. The lowest BCUT2D eigenvalue weighted by molar-refractivity contribution is -0.136. The predicted molar refractivity (Wildman–Crippen MR) is 80.6 cm³/mol. The number of carboxylic acids is 1.